The second kappa shape index (κ2) is 16.6. The molecule has 0 spiro atoms. The number of methoxy groups -OCH3 is 1. The van der Waals surface area contributed by atoms with Crippen molar-refractivity contribution in [1.82, 2.24) is 29.2 Å². The first kappa shape index (κ1) is 37.8. The Morgan fingerprint density at radius 3 is 2.40 bits per heavy atom. The van der Waals surface area contributed by atoms with Gasteiger partial charge in [-0.15, -0.1) is 0 Å². The van der Waals surface area contributed by atoms with E-state index in [2.05, 4.69) is 30.3 Å². The number of ether oxygens (including phenoxy) is 1. The number of nitrogens with zero attached hydrogens (tertiary/aromatic N) is 7. The summed E-state index contributed by atoms with van der Waals surface area (Å²) in [7, 11) is 1.61. The zero-order chi connectivity index (χ0) is 39.5. The van der Waals surface area contributed by atoms with Crippen molar-refractivity contribution in [1.29, 1.82) is 0 Å². The van der Waals surface area contributed by atoms with Gasteiger partial charge < -0.3 is 20.3 Å². The number of pyridine rings is 1. The predicted octanol–water partition coefficient (Wildman–Crippen LogP) is 7.44. The molecule has 2 fully saturated rings. The average Bonchev–Trinajstić information content (AvgIpc) is 3.62. The first-order valence-electron chi connectivity index (χ1n) is 18.9. The Morgan fingerprint density at radius 1 is 0.877 bits per heavy atom. The third kappa shape index (κ3) is 8.11. The first-order chi connectivity index (χ1) is 27.8. The number of halogens is 4. The number of aromatic nitrogens is 4. The molecule has 8 rings (SSSR count). The molecule has 2 aliphatic rings. The van der Waals surface area contributed by atoms with Gasteiger partial charge in [-0.2, -0.15) is 0 Å². The van der Waals surface area contributed by atoms with Crippen LogP contribution in [0.4, 0.5) is 40.6 Å². The van der Waals surface area contributed by atoms with E-state index in [-0.39, 0.29) is 18.2 Å². The number of carbonyl (C=O) groups is 1. The Balaban J connectivity index is 1.02. The summed E-state index contributed by atoms with van der Waals surface area (Å²) >= 11 is 0. The summed E-state index contributed by atoms with van der Waals surface area (Å²) in [5.74, 6) is -2.13. The fraction of sp³-hybridized carbons (Fsp3) is 0.286. The lowest BCUT2D eigenvalue weighted by molar-refractivity contribution is 0.0816. The Hall–Kier alpha value is -6.06. The lowest BCUT2D eigenvalue weighted by atomic mass is 10.0. The van der Waals surface area contributed by atoms with E-state index in [1.54, 1.807) is 48.2 Å². The number of fused-ring (bicyclic) bond motifs is 1. The number of nitrogens with one attached hydrogen (secondary N) is 2. The summed E-state index contributed by atoms with van der Waals surface area (Å²) in [6.45, 7) is 5.85. The number of piperidine rings is 1. The third-order valence-corrected chi connectivity index (χ3v) is 10.7. The van der Waals surface area contributed by atoms with Crippen molar-refractivity contribution in [3.05, 3.63) is 114 Å². The lowest BCUT2D eigenvalue weighted by Gasteiger charge is -2.43. The van der Waals surface area contributed by atoms with E-state index >= 15 is 0 Å². The molecule has 3 aromatic carbocycles. The maximum atomic E-state index is 14.4. The monoisotopic (exact) mass is 779 g/mol. The minimum absolute atomic E-state index is 0.124. The minimum atomic E-state index is -0.903. The maximum absolute atomic E-state index is 14.4. The number of carbonyl (C=O) groups excluding carboxylic acids is 1. The van der Waals surface area contributed by atoms with Gasteiger partial charge in [0.15, 0.2) is 0 Å². The molecule has 15 heteroatoms. The summed E-state index contributed by atoms with van der Waals surface area (Å²) in [4.78, 5) is 34.3. The number of rotatable bonds is 11. The molecule has 2 aliphatic heterocycles. The fourth-order valence-electron chi connectivity index (χ4n) is 7.69. The zero-order valence-corrected chi connectivity index (χ0v) is 31.3. The predicted molar refractivity (Wildman–Crippen MR) is 211 cm³/mol. The summed E-state index contributed by atoms with van der Waals surface area (Å²) in [5.41, 5.74) is 3.41. The van der Waals surface area contributed by atoms with Crippen molar-refractivity contribution in [2.75, 3.05) is 75.1 Å². The summed E-state index contributed by atoms with van der Waals surface area (Å²) in [6.07, 6.45) is 5.24. The Bertz CT molecular complexity index is 2370. The molecule has 0 aliphatic carbocycles. The van der Waals surface area contributed by atoms with Crippen LogP contribution in [0.2, 0.25) is 0 Å². The normalized spacial score (nSPS) is 15.6. The SMILES string of the molecule is COc1cc(N2CCC(N3CCN(CCF)CC3)CC2)ccc1Nc1nccc(-c2c(-c3cccc(C(=O)Nc4c(F)cccc4F)c3)nc3cc(F)ccn23)n1. The topological polar surface area (TPSA) is 103 Å². The van der Waals surface area contributed by atoms with Crippen LogP contribution in [0.1, 0.15) is 23.2 Å². The molecule has 0 radical (unpaired) electrons. The van der Waals surface area contributed by atoms with Gasteiger partial charge in [-0.3, -0.25) is 19.0 Å². The van der Waals surface area contributed by atoms with Gasteiger partial charge in [-0.05, 0) is 61.4 Å². The van der Waals surface area contributed by atoms with E-state index in [4.69, 9.17) is 14.7 Å². The zero-order valence-electron chi connectivity index (χ0n) is 31.3. The van der Waals surface area contributed by atoms with E-state index in [1.807, 2.05) is 18.2 Å². The number of hydrogen-bond donors (Lipinski definition) is 2. The molecule has 3 aromatic heterocycles. The molecule has 6 aromatic rings. The largest absolute Gasteiger partial charge is 0.494 e. The van der Waals surface area contributed by atoms with Crippen LogP contribution < -0.4 is 20.3 Å². The van der Waals surface area contributed by atoms with E-state index in [0.717, 1.165) is 69.9 Å². The molecule has 0 unspecified atom stereocenters. The number of piperazine rings is 1. The van der Waals surface area contributed by atoms with Crippen LogP contribution in [0, 0.1) is 17.5 Å². The third-order valence-electron chi connectivity index (χ3n) is 10.7. The molecule has 0 saturated carbocycles. The summed E-state index contributed by atoms with van der Waals surface area (Å²) in [6, 6.07) is 20.5. The molecule has 0 bridgehead atoms. The summed E-state index contributed by atoms with van der Waals surface area (Å²) < 4.78 is 63.4. The van der Waals surface area contributed by atoms with Gasteiger partial charge in [0, 0.05) is 93.2 Å². The molecular weight excluding hydrogens is 739 g/mol. The van der Waals surface area contributed by atoms with E-state index in [9.17, 15) is 22.4 Å². The van der Waals surface area contributed by atoms with Gasteiger partial charge in [0.2, 0.25) is 5.95 Å². The smallest absolute Gasteiger partial charge is 0.255 e. The number of amides is 1. The van der Waals surface area contributed by atoms with Crippen molar-refractivity contribution in [3.8, 4) is 28.4 Å². The van der Waals surface area contributed by atoms with Crippen LogP contribution >= 0.6 is 0 Å². The van der Waals surface area contributed by atoms with Crippen molar-refractivity contribution in [3.63, 3.8) is 0 Å². The van der Waals surface area contributed by atoms with Crippen molar-refractivity contribution in [2.24, 2.45) is 0 Å². The molecule has 1 amide bonds. The number of hydrogen-bond acceptors (Lipinski definition) is 9. The van der Waals surface area contributed by atoms with Gasteiger partial charge in [0.1, 0.15) is 41.2 Å². The molecule has 11 nitrogen and oxygen atoms in total. The number of alkyl halides is 1. The highest BCUT2D eigenvalue weighted by molar-refractivity contribution is 6.05. The highest BCUT2D eigenvalue weighted by Gasteiger charge is 2.28. The Kier molecular flexibility index (Phi) is 11.0. The van der Waals surface area contributed by atoms with Crippen LogP contribution in [0.25, 0.3) is 28.3 Å². The highest BCUT2D eigenvalue weighted by atomic mass is 19.1. The Morgan fingerprint density at radius 2 is 1.65 bits per heavy atom. The Labute approximate surface area is 326 Å². The number of para-hydroxylation sites is 1. The van der Waals surface area contributed by atoms with Crippen LogP contribution in [0.3, 0.4) is 0 Å². The molecule has 2 saturated heterocycles. The summed E-state index contributed by atoms with van der Waals surface area (Å²) in [5, 5.41) is 5.60. The van der Waals surface area contributed by atoms with Gasteiger partial charge in [-0.25, -0.2) is 32.5 Å². The molecule has 2 N–H and O–H groups in total. The van der Waals surface area contributed by atoms with E-state index in [1.165, 1.54) is 24.3 Å². The van der Waals surface area contributed by atoms with Gasteiger partial charge >= 0.3 is 0 Å². The quantitative estimate of drug-likeness (QED) is 0.130. The molecular formula is C42H41F4N9O2. The second-order valence-corrected chi connectivity index (χ2v) is 14.1. The number of benzene rings is 3. The first-order valence-corrected chi connectivity index (χ1v) is 18.9. The minimum Gasteiger partial charge on any atom is -0.494 e. The van der Waals surface area contributed by atoms with Crippen molar-refractivity contribution in [2.45, 2.75) is 18.9 Å². The fourth-order valence-corrected chi connectivity index (χ4v) is 7.69. The molecule has 5 heterocycles. The van der Waals surface area contributed by atoms with E-state index < -0.39 is 29.0 Å². The van der Waals surface area contributed by atoms with Crippen molar-refractivity contribution >= 4 is 34.6 Å². The second-order valence-electron chi connectivity index (χ2n) is 14.1. The van der Waals surface area contributed by atoms with Gasteiger partial charge in [0.25, 0.3) is 5.91 Å². The van der Waals surface area contributed by atoms with Crippen LogP contribution in [-0.2, 0) is 0 Å². The molecule has 294 valence electrons. The number of anilines is 4. The van der Waals surface area contributed by atoms with Gasteiger partial charge in [0.05, 0.1) is 29.9 Å². The van der Waals surface area contributed by atoms with E-state index in [0.29, 0.717) is 52.3 Å². The molecule has 0 atom stereocenters. The van der Waals surface area contributed by atoms with Crippen LogP contribution in [0.5, 0.6) is 5.75 Å². The standard InChI is InChI=1S/C42H41F4N9O2/c1-57-36-26-31(53-16-12-30(13-17-53)54-22-20-52(19-14-43)21-23-54)8-9-34(36)48-42-47-15-10-35(49-42)40-38(50-37-25-29(44)11-18-55(37)40)27-4-2-5-28(24-27)41(56)51-39-32(45)6-3-7-33(39)46/h2-11,15,18,24-26,30H,12-14,16-17,19-23H2,1H3,(H,51,56)(H,47,48,49). The average molecular weight is 780 g/mol. The number of imidazole rings is 1. The maximum Gasteiger partial charge on any atom is 0.255 e. The van der Waals surface area contributed by atoms with Crippen molar-refractivity contribution < 1.29 is 27.1 Å². The highest BCUT2D eigenvalue weighted by Crippen LogP contribution is 2.36. The molecule has 57 heavy (non-hydrogen) atoms. The van der Waals surface area contributed by atoms with Crippen LogP contribution in [-0.4, -0.2) is 101 Å². The van der Waals surface area contributed by atoms with Gasteiger partial charge in [-0.1, -0.05) is 18.2 Å². The van der Waals surface area contributed by atoms with Crippen LogP contribution in [0.15, 0.2) is 91.3 Å². The lowest BCUT2D eigenvalue weighted by Crippen LogP contribution is -2.53.